The molecule has 1 aromatic carbocycles. The topological polar surface area (TPSA) is 110 Å². The first-order chi connectivity index (χ1) is 14.5. The lowest BCUT2D eigenvalue weighted by atomic mass is 9.97. The maximum atomic E-state index is 12.7. The average Bonchev–Trinajstić information content (AvgIpc) is 2.70. The minimum Gasteiger partial charge on any atom is -0.368 e. The van der Waals surface area contributed by atoms with E-state index >= 15 is 0 Å². The van der Waals surface area contributed by atoms with E-state index < -0.39 is 0 Å². The van der Waals surface area contributed by atoms with Crippen molar-refractivity contribution in [3.05, 3.63) is 34.9 Å². The first-order valence-corrected chi connectivity index (χ1v) is 11.2. The lowest BCUT2D eigenvalue weighted by Crippen LogP contribution is -2.25. The van der Waals surface area contributed by atoms with Gasteiger partial charge in [0.15, 0.2) is 0 Å². The van der Waals surface area contributed by atoms with E-state index in [-0.39, 0.29) is 11.9 Å². The predicted molar refractivity (Wildman–Crippen MR) is 123 cm³/mol. The summed E-state index contributed by atoms with van der Waals surface area (Å²) in [6, 6.07) is 5.73. The zero-order chi connectivity index (χ0) is 21.9. The molecule has 4 N–H and O–H groups in total. The highest BCUT2D eigenvalue weighted by atomic mass is 32.2. The summed E-state index contributed by atoms with van der Waals surface area (Å²) in [6.45, 7) is 5.58. The Hall–Kier alpha value is -2.45. The van der Waals surface area contributed by atoms with Crippen molar-refractivity contribution in [2.75, 3.05) is 31.6 Å². The van der Waals surface area contributed by atoms with Crippen LogP contribution in [0.4, 0.5) is 5.95 Å². The number of aldehydes is 1. The minimum absolute atomic E-state index is 0.0787. The molecule has 162 valence electrons. The molecule has 30 heavy (non-hydrogen) atoms. The number of thioether (sulfide) groups is 1. The number of benzene rings is 1. The predicted octanol–water partition coefficient (Wildman–Crippen LogP) is 3.14. The van der Waals surface area contributed by atoms with Crippen LogP contribution in [0.5, 0.6) is 0 Å². The number of anilines is 1. The summed E-state index contributed by atoms with van der Waals surface area (Å²) >= 11 is 1.46. The van der Waals surface area contributed by atoms with Gasteiger partial charge < -0.3 is 21.2 Å². The van der Waals surface area contributed by atoms with Crippen molar-refractivity contribution in [3.8, 4) is 11.3 Å². The molecule has 0 unspecified atom stereocenters. The third kappa shape index (κ3) is 7.11. The highest BCUT2D eigenvalue weighted by Gasteiger charge is 2.15. The summed E-state index contributed by atoms with van der Waals surface area (Å²) in [6.07, 6.45) is 4.46. The van der Waals surface area contributed by atoms with E-state index in [4.69, 9.17) is 5.73 Å². The molecule has 1 amide bonds. The fourth-order valence-corrected chi connectivity index (χ4v) is 3.92. The number of carbonyl (C=O) groups excluding carboxylic acids is 2. The zero-order valence-corrected chi connectivity index (χ0v) is 18.8. The van der Waals surface area contributed by atoms with Crippen molar-refractivity contribution in [3.63, 3.8) is 0 Å². The first-order valence-electron chi connectivity index (χ1n) is 10.2. The third-order valence-corrected chi connectivity index (χ3v) is 5.63. The van der Waals surface area contributed by atoms with Crippen LogP contribution in [-0.4, -0.2) is 48.1 Å². The largest absolute Gasteiger partial charge is 0.368 e. The van der Waals surface area contributed by atoms with Crippen LogP contribution < -0.4 is 16.4 Å². The number of rotatable bonds is 12. The first kappa shape index (κ1) is 23.8. The van der Waals surface area contributed by atoms with E-state index in [0.29, 0.717) is 35.0 Å². The Morgan fingerprint density at radius 1 is 1.10 bits per heavy atom. The Balaban J connectivity index is 2.18. The monoisotopic (exact) mass is 429 g/mol. The van der Waals surface area contributed by atoms with E-state index in [0.717, 1.165) is 48.8 Å². The Morgan fingerprint density at radius 3 is 2.60 bits per heavy atom. The summed E-state index contributed by atoms with van der Waals surface area (Å²) in [5.74, 6) is 0.729. The summed E-state index contributed by atoms with van der Waals surface area (Å²) in [7, 11) is 1.94. The lowest BCUT2D eigenvalue weighted by molar-refractivity contribution is -0.107. The van der Waals surface area contributed by atoms with Crippen LogP contribution in [0.2, 0.25) is 0 Å². The summed E-state index contributed by atoms with van der Waals surface area (Å²) < 4.78 is 0. The van der Waals surface area contributed by atoms with Gasteiger partial charge in [-0.15, -0.1) is 11.8 Å². The van der Waals surface area contributed by atoms with Gasteiger partial charge in [0.2, 0.25) is 5.95 Å². The SMILES string of the molecule is CNCCCCCNC(=O)c1cc(-c2cc(SCCC=O)nc(N)n2)c(C)cc1C. The fraction of sp³-hybridized carbons (Fsp3) is 0.455. The van der Waals surface area contributed by atoms with Gasteiger partial charge in [0, 0.05) is 29.8 Å². The van der Waals surface area contributed by atoms with Crippen molar-refractivity contribution >= 4 is 29.9 Å². The third-order valence-electron chi connectivity index (χ3n) is 4.69. The molecule has 0 saturated carbocycles. The fourth-order valence-electron chi connectivity index (χ4n) is 3.14. The van der Waals surface area contributed by atoms with Gasteiger partial charge in [-0.3, -0.25) is 4.79 Å². The minimum atomic E-state index is -0.0787. The summed E-state index contributed by atoms with van der Waals surface area (Å²) in [5.41, 5.74) is 10.0. The van der Waals surface area contributed by atoms with E-state index in [2.05, 4.69) is 20.6 Å². The number of nitrogens with one attached hydrogen (secondary N) is 2. The number of aryl methyl sites for hydroxylation is 2. The molecule has 2 aromatic rings. The second-order valence-electron chi connectivity index (χ2n) is 7.16. The van der Waals surface area contributed by atoms with Gasteiger partial charge in [0.05, 0.1) is 5.69 Å². The maximum absolute atomic E-state index is 12.7. The number of carbonyl (C=O) groups is 2. The molecule has 7 nitrogen and oxygen atoms in total. The maximum Gasteiger partial charge on any atom is 0.251 e. The molecule has 2 rings (SSSR count). The van der Waals surface area contributed by atoms with Crippen molar-refractivity contribution < 1.29 is 9.59 Å². The average molecular weight is 430 g/mol. The number of nitrogens with zero attached hydrogens (tertiary/aromatic N) is 2. The van der Waals surface area contributed by atoms with Crippen LogP contribution in [0.3, 0.4) is 0 Å². The molecule has 8 heteroatoms. The van der Waals surface area contributed by atoms with E-state index in [1.54, 1.807) is 0 Å². The number of hydrogen-bond donors (Lipinski definition) is 3. The van der Waals surface area contributed by atoms with Crippen molar-refractivity contribution in [2.45, 2.75) is 44.6 Å². The number of unbranched alkanes of at least 4 members (excludes halogenated alkanes) is 2. The second-order valence-corrected chi connectivity index (χ2v) is 8.27. The van der Waals surface area contributed by atoms with Crippen LogP contribution in [-0.2, 0) is 4.79 Å². The lowest BCUT2D eigenvalue weighted by Gasteiger charge is -2.13. The molecule has 0 saturated heterocycles. The highest BCUT2D eigenvalue weighted by Crippen LogP contribution is 2.29. The van der Waals surface area contributed by atoms with Gasteiger partial charge in [-0.05, 0) is 63.5 Å². The van der Waals surface area contributed by atoms with Crippen molar-refractivity contribution in [1.29, 1.82) is 0 Å². The van der Waals surface area contributed by atoms with Crippen molar-refractivity contribution in [1.82, 2.24) is 20.6 Å². The molecular weight excluding hydrogens is 398 g/mol. The van der Waals surface area contributed by atoms with E-state index in [9.17, 15) is 9.59 Å². The number of nitrogens with two attached hydrogens (primary N) is 1. The second kappa shape index (κ2) is 12.3. The van der Waals surface area contributed by atoms with E-state index in [1.165, 1.54) is 11.8 Å². The molecule has 0 fully saturated rings. The Bertz CT molecular complexity index is 873. The van der Waals surface area contributed by atoms with E-state index in [1.807, 2.05) is 39.1 Å². The molecule has 0 radical (unpaired) electrons. The molecule has 0 atom stereocenters. The summed E-state index contributed by atoms with van der Waals surface area (Å²) in [4.78, 5) is 31.9. The zero-order valence-electron chi connectivity index (χ0n) is 18.0. The Labute approximate surface area is 182 Å². The van der Waals surface area contributed by atoms with Crippen LogP contribution in [0.15, 0.2) is 23.2 Å². The Kier molecular flexibility index (Phi) is 9.76. The van der Waals surface area contributed by atoms with Gasteiger partial charge in [0.1, 0.15) is 11.3 Å². The molecular formula is C22H31N5O2S. The Morgan fingerprint density at radius 2 is 1.87 bits per heavy atom. The molecule has 0 aliphatic rings. The van der Waals surface area contributed by atoms with Gasteiger partial charge in [-0.25, -0.2) is 9.97 Å². The quantitative estimate of drug-likeness (QED) is 0.206. The molecule has 0 spiro atoms. The molecule has 0 aliphatic carbocycles. The number of hydrogen-bond acceptors (Lipinski definition) is 7. The smallest absolute Gasteiger partial charge is 0.251 e. The van der Waals surface area contributed by atoms with Gasteiger partial charge in [0.25, 0.3) is 5.91 Å². The van der Waals surface area contributed by atoms with Crippen LogP contribution in [0.1, 0.15) is 47.2 Å². The molecule has 1 aromatic heterocycles. The van der Waals surface area contributed by atoms with Gasteiger partial charge in [-0.1, -0.05) is 12.5 Å². The van der Waals surface area contributed by atoms with Crippen LogP contribution >= 0.6 is 11.8 Å². The number of amides is 1. The molecule has 1 heterocycles. The number of aromatic nitrogens is 2. The van der Waals surface area contributed by atoms with Crippen LogP contribution in [0.25, 0.3) is 11.3 Å². The molecule has 0 aliphatic heterocycles. The molecule has 0 bridgehead atoms. The van der Waals surface area contributed by atoms with Gasteiger partial charge >= 0.3 is 0 Å². The van der Waals surface area contributed by atoms with Crippen LogP contribution in [0, 0.1) is 13.8 Å². The standard InChI is InChI=1S/C22H31N5O2S/c1-15-12-16(2)18(21(29)25-9-6-4-5-8-24-3)13-17(15)19-14-20(27-22(23)26-19)30-11-7-10-28/h10,12-14,24H,4-9,11H2,1-3H3,(H,25,29)(H2,23,26,27). The van der Waals surface area contributed by atoms with Gasteiger partial charge in [-0.2, -0.15) is 0 Å². The summed E-state index contributed by atoms with van der Waals surface area (Å²) in [5, 5.41) is 6.86. The van der Waals surface area contributed by atoms with Crippen molar-refractivity contribution in [2.24, 2.45) is 0 Å². The normalized spacial score (nSPS) is 10.8. The number of nitrogen functional groups attached to an aromatic ring is 1. The highest BCUT2D eigenvalue weighted by molar-refractivity contribution is 7.99.